The van der Waals surface area contributed by atoms with E-state index < -0.39 is 17.1 Å². The topological polar surface area (TPSA) is 68.5 Å². The van der Waals surface area contributed by atoms with Gasteiger partial charge in [0, 0.05) is 5.39 Å². The number of ether oxygens (including phenoxy) is 1. The molecule has 0 fully saturated rings. The standard InChI is InChI=1S/C17H17NO4/c1-5-17(3,6-2)18-15(19)12-10-11-8-7-9-13(21-4)14(11)22-16(12)20/h1,7-10H,6H2,2-4H3,(H,18,19). The van der Waals surface area contributed by atoms with E-state index in [0.29, 0.717) is 23.1 Å². The molecular formula is C17H17NO4. The van der Waals surface area contributed by atoms with Crippen molar-refractivity contribution in [2.75, 3.05) is 7.11 Å². The molecule has 5 heteroatoms. The zero-order valence-electron chi connectivity index (χ0n) is 12.7. The highest BCUT2D eigenvalue weighted by molar-refractivity contribution is 5.97. The van der Waals surface area contributed by atoms with Crippen LogP contribution in [0.25, 0.3) is 11.0 Å². The van der Waals surface area contributed by atoms with Gasteiger partial charge in [0.15, 0.2) is 11.3 Å². The van der Waals surface area contributed by atoms with Crippen molar-refractivity contribution in [1.82, 2.24) is 5.32 Å². The maximum atomic E-state index is 12.3. The van der Waals surface area contributed by atoms with E-state index in [1.807, 2.05) is 6.92 Å². The number of para-hydroxylation sites is 1. The quantitative estimate of drug-likeness (QED) is 0.695. The number of amides is 1. The van der Waals surface area contributed by atoms with Crippen molar-refractivity contribution in [2.24, 2.45) is 0 Å². The third-order valence-electron chi connectivity index (χ3n) is 3.60. The Morgan fingerprint density at radius 3 is 2.82 bits per heavy atom. The van der Waals surface area contributed by atoms with Gasteiger partial charge in [-0.15, -0.1) is 6.42 Å². The Bertz CT molecular complexity index is 815. The van der Waals surface area contributed by atoms with Gasteiger partial charge in [-0.1, -0.05) is 25.0 Å². The van der Waals surface area contributed by atoms with E-state index in [-0.39, 0.29) is 5.56 Å². The Labute approximate surface area is 128 Å². The minimum Gasteiger partial charge on any atom is -0.493 e. The summed E-state index contributed by atoms with van der Waals surface area (Å²) >= 11 is 0. The van der Waals surface area contributed by atoms with Crippen LogP contribution in [0.3, 0.4) is 0 Å². The maximum Gasteiger partial charge on any atom is 0.349 e. The zero-order valence-corrected chi connectivity index (χ0v) is 12.7. The number of hydrogen-bond donors (Lipinski definition) is 1. The highest BCUT2D eigenvalue weighted by Crippen LogP contribution is 2.24. The van der Waals surface area contributed by atoms with Crippen LogP contribution in [0.1, 0.15) is 30.6 Å². The van der Waals surface area contributed by atoms with Gasteiger partial charge in [-0.05, 0) is 25.5 Å². The van der Waals surface area contributed by atoms with Crippen molar-refractivity contribution in [3.8, 4) is 18.1 Å². The average molecular weight is 299 g/mol. The van der Waals surface area contributed by atoms with Crippen LogP contribution in [-0.2, 0) is 0 Å². The molecule has 22 heavy (non-hydrogen) atoms. The molecule has 0 aliphatic heterocycles. The summed E-state index contributed by atoms with van der Waals surface area (Å²) in [7, 11) is 1.48. The smallest absolute Gasteiger partial charge is 0.349 e. The van der Waals surface area contributed by atoms with Gasteiger partial charge in [-0.3, -0.25) is 4.79 Å². The summed E-state index contributed by atoms with van der Waals surface area (Å²) in [4.78, 5) is 24.4. The first-order valence-electron chi connectivity index (χ1n) is 6.85. The minimum absolute atomic E-state index is 0.0873. The van der Waals surface area contributed by atoms with E-state index in [4.69, 9.17) is 15.6 Å². The molecule has 2 rings (SSSR count). The number of benzene rings is 1. The third kappa shape index (κ3) is 2.82. The number of fused-ring (bicyclic) bond motifs is 1. The third-order valence-corrected chi connectivity index (χ3v) is 3.60. The fraction of sp³-hybridized carbons (Fsp3) is 0.294. The lowest BCUT2D eigenvalue weighted by molar-refractivity contribution is 0.0920. The van der Waals surface area contributed by atoms with Gasteiger partial charge in [0.2, 0.25) is 0 Å². The molecule has 1 amide bonds. The van der Waals surface area contributed by atoms with Gasteiger partial charge in [0.1, 0.15) is 5.56 Å². The van der Waals surface area contributed by atoms with E-state index in [1.165, 1.54) is 13.2 Å². The molecule has 2 aromatic rings. The SMILES string of the molecule is C#CC(C)(CC)NC(=O)c1cc2cccc(OC)c2oc1=O. The molecule has 1 atom stereocenters. The van der Waals surface area contributed by atoms with Gasteiger partial charge in [0.05, 0.1) is 12.6 Å². The van der Waals surface area contributed by atoms with Crippen molar-refractivity contribution in [2.45, 2.75) is 25.8 Å². The molecule has 0 spiro atoms. The van der Waals surface area contributed by atoms with Crippen molar-refractivity contribution in [3.63, 3.8) is 0 Å². The number of nitrogens with one attached hydrogen (secondary N) is 1. The average Bonchev–Trinajstić information content (AvgIpc) is 2.53. The molecule has 1 unspecified atom stereocenters. The minimum atomic E-state index is -0.813. The molecule has 0 bridgehead atoms. The van der Waals surface area contributed by atoms with Crippen LogP contribution in [-0.4, -0.2) is 18.6 Å². The Morgan fingerprint density at radius 2 is 2.23 bits per heavy atom. The summed E-state index contributed by atoms with van der Waals surface area (Å²) < 4.78 is 10.4. The van der Waals surface area contributed by atoms with Gasteiger partial charge >= 0.3 is 5.63 Å². The Morgan fingerprint density at radius 1 is 1.50 bits per heavy atom. The van der Waals surface area contributed by atoms with Crippen LogP contribution in [0.2, 0.25) is 0 Å². The largest absolute Gasteiger partial charge is 0.493 e. The van der Waals surface area contributed by atoms with Gasteiger partial charge in [-0.2, -0.15) is 0 Å². The summed E-state index contributed by atoms with van der Waals surface area (Å²) in [5.74, 6) is 2.40. The van der Waals surface area contributed by atoms with Crippen LogP contribution in [0.4, 0.5) is 0 Å². The predicted molar refractivity (Wildman–Crippen MR) is 84.0 cm³/mol. The molecule has 0 saturated carbocycles. The van der Waals surface area contributed by atoms with Crippen molar-refractivity contribution >= 4 is 16.9 Å². The molecule has 5 nitrogen and oxygen atoms in total. The van der Waals surface area contributed by atoms with E-state index >= 15 is 0 Å². The van der Waals surface area contributed by atoms with Crippen molar-refractivity contribution < 1.29 is 13.9 Å². The number of hydrogen-bond acceptors (Lipinski definition) is 4. The molecule has 0 aliphatic carbocycles. The lowest BCUT2D eigenvalue weighted by atomic mass is 9.99. The molecule has 0 saturated heterocycles. The normalized spacial score (nSPS) is 13.2. The zero-order chi connectivity index (χ0) is 16.3. The second kappa shape index (κ2) is 5.94. The van der Waals surface area contributed by atoms with Crippen LogP contribution in [0.5, 0.6) is 5.75 Å². The van der Waals surface area contributed by atoms with E-state index in [1.54, 1.807) is 25.1 Å². The van der Waals surface area contributed by atoms with E-state index in [0.717, 1.165) is 0 Å². The molecule has 1 heterocycles. The second-order valence-corrected chi connectivity index (χ2v) is 5.11. The molecule has 0 radical (unpaired) electrons. The lowest BCUT2D eigenvalue weighted by Crippen LogP contribution is -2.45. The first-order valence-corrected chi connectivity index (χ1v) is 6.85. The first kappa shape index (κ1) is 15.6. The molecular weight excluding hydrogens is 282 g/mol. The molecule has 0 aliphatic rings. The second-order valence-electron chi connectivity index (χ2n) is 5.11. The summed E-state index contributed by atoms with van der Waals surface area (Å²) in [6, 6.07) is 6.64. The fourth-order valence-electron chi connectivity index (χ4n) is 1.98. The Kier molecular flexibility index (Phi) is 4.22. The molecule has 114 valence electrons. The highest BCUT2D eigenvalue weighted by atomic mass is 16.5. The molecule has 1 N–H and O–H groups in total. The van der Waals surface area contributed by atoms with E-state index in [2.05, 4.69) is 11.2 Å². The number of rotatable bonds is 4. The van der Waals surface area contributed by atoms with Crippen LogP contribution in [0, 0.1) is 12.3 Å². The van der Waals surface area contributed by atoms with Gasteiger partial charge in [0.25, 0.3) is 5.91 Å². The first-order chi connectivity index (χ1) is 10.4. The predicted octanol–water partition coefficient (Wildman–Crippen LogP) is 2.33. The summed E-state index contributed by atoms with van der Waals surface area (Å²) in [5, 5.41) is 3.28. The van der Waals surface area contributed by atoms with Gasteiger partial charge in [-0.25, -0.2) is 4.79 Å². The maximum absolute atomic E-state index is 12.3. The number of methoxy groups -OCH3 is 1. The summed E-state index contributed by atoms with van der Waals surface area (Å²) in [6.07, 6.45) is 5.97. The van der Waals surface area contributed by atoms with Crippen molar-refractivity contribution in [1.29, 1.82) is 0 Å². The Balaban J connectivity index is 2.49. The number of carbonyl (C=O) groups is 1. The lowest BCUT2D eigenvalue weighted by Gasteiger charge is -2.23. The highest BCUT2D eigenvalue weighted by Gasteiger charge is 2.24. The van der Waals surface area contributed by atoms with Crippen LogP contribution in [0.15, 0.2) is 33.5 Å². The number of carbonyl (C=O) groups excluding carboxylic acids is 1. The van der Waals surface area contributed by atoms with Crippen LogP contribution < -0.4 is 15.7 Å². The van der Waals surface area contributed by atoms with E-state index in [9.17, 15) is 9.59 Å². The fourth-order valence-corrected chi connectivity index (χ4v) is 1.98. The summed E-state index contributed by atoms with van der Waals surface area (Å²) in [6.45, 7) is 3.57. The van der Waals surface area contributed by atoms with Gasteiger partial charge < -0.3 is 14.5 Å². The van der Waals surface area contributed by atoms with Crippen molar-refractivity contribution in [3.05, 3.63) is 40.2 Å². The Hall–Kier alpha value is -2.74. The molecule has 1 aromatic heterocycles. The monoisotopic (exact) mass is 299 g/mol. The molecule has 1 aromatic carbocycles. The van der Waals surface area contributed by atoms with Crippen LogP contribution >= 0.6 is 0 Å². The number of terminal acetylenes is 1. The summed E-state index contributed by atoms with van der Waals surface area (Å²) in [5.41, 5.74) is -1.32.